The summed E-state index contributed by atoms with van der Waals surface area (Å²) in [4.78, 5) is 0. The van der Waals surface area contributed by atoms with Gasteiger partial charge in [0.15, 0.2) is 0 Å². The second kappa shape index (κ2) is 3.46. The van der Waals surface area contributed by atoms with Crippen molar-refractivity contribution in [3.05, 3.63) is 0 Å². The van der Waals surface area contributed by atoms with Crippen molar-refractivity contribution < 1.29 is 4.74 Å². The first-order chi connectivity index (χ1) is 7.25. The number of nitrogens with one attached hydrogen (secondary N) is 1. The van der Waals surface area contributed by atoms with Gasteiger partial charge in [0, 0.05) is 18.0 Å². The van der Waals surface area contributed by atoms with E-state index in [0.29, 0.717) is 11.6 Å². The second-order valence-electron chi connectivity index (χ2n) is 5.84. The van der Waals surface area contributed by atoms with Gasteiger partial charge < -0.3 is 10.1 Å². The summed E-state index contributed by atoms with van der Waals surface area (Å²) in [7, 11) is 0. The third-order valence-corrected chi connectivity index (χ3v) is 4.97. The fourth-order valence-corrected chi connectivity index (χ4v) is 4.07. The maximum Gasteiger partial charge on any atom is 0.0732 e. The summed E-state index contributed by atoms with van der Waals surface area (Å²) in [6.45, 7) is 5.62. The van der Waals surface area contributed by atoms with E-state index in [2.05, 4.69) is 19.2 Å². The van der Waals surface area contributed by atoms with E-state index in [4.69, 9.17) is 4.74 Å². The summed E-state index contributed by atoms with van der Waals surface area (Å²) in [5.41, 5.74) is 0.327. The molecule has 1 spiro atoms. The molecule has 4 aliphatic rings. The molecule has 5 atom stereocenters. The molecule has 4 rings (SSSR count). The fraction of sp³-hybridized carbons (Fsp3) is 1.00. The average Bonchev–Trinajstić information content (AvgIpc) is 2.75. The Morgan fingerprint density at radius 1 is 1.53 bits per heavy atom. The largest absolute Gasteiger partial charge is 0.374 e. The normalized spacial score (nSPS) is 49.6. The van der Waals surface area contributed by atoms with Crippen LogP contribution in [0.15, 0.2) is 0 Å². The van der Waals surface area contributed by atoms with Crippen molar-refractivity contribution in [2.24, 2.45) is 11.8 Å². The van der Waals surface area contributed by atoms with Crippen LogP contribution in [-0.4, -0.2) is 24.3 Å². The molecule has 0 aromatic rings. The average molecular weight is 209 g/mol. The lowest BCUT2D eigenvalue weighted by Crippen LogP contribution is -2.60. The van der Waals surface area contributed by atoms with Crippen molar-refractivity contribution >= 4 is 0 Å². The quantitative estimate of drug-likeness (QED) is 0.770. The van der Waals surface area contributed by atoms with Gasteiger partial charge in [-0.15, -0.1) is 0 Å². The molecule has 2 nitrogen and oxygen atoms in total. The van der Waals surface area contributed by atoms with E-state index in [9.17, 15) is 0 Å². The highest BCUT2D eigenvalue weighted by Crippen LogP contribution is 2.60. The van der Waals surface area contributed by atoms with Crippen molar-refractivity contribution in [3.8, 4) is 0 Å². The van der Waals surface area contributed by atoms with Crippen molar-refractivity contribution in [1.29, 1.82) is 0 Å². The lowest BCUT2D eigenvalue weighted by atomic mass is 9.56. The van der Waals surface area contributed by atoms with Gasteiger partial charge in [0.1, 0.15) is 0 Å². The first-order valence-electron chi connectivity index (χ1n) is 6.65. The van der Waals surface area contributed by atoms with Crippen LogP contribution in [0, 0.1) is 11.8 Å². The standard InChI is InChI=1S/C13H23NO/c1-3-9(2)14-11-5-4-6-13-7-10(8-15-13)12(11)13/h9-12,14H,3-8H2,1-2H3. The molecule has 5 unspecified atom stereocenters. The van der Waals surface area contributed by atoms with Crippen LogP contribution in [0.3, 0.4) is 0 Å². The lowest BCUT2D eigenvalue weighted by Gasteiger charge is -2.53. The van der Waals surface area contributed by atoms with E-state index >= 15 is 0 Å². The minimum atomic E-state index is 0.327. The smallest absolute Gasteiger partial charge is 0.0732 e. The molecule has 0 amide bonds. The van der Waals surface area contributed by atoms with Crippen molar-refractivity contribution in [2.45, 2.75) is 63.6 Å². The molecular formula is C13H23NO. The molecule has 86 valence electrons. The highest BCUT2D eigenvalue weighted by atomic mass is 16.5. The van der Waals surface area contributed by atoms with E-state index in [0.717, 1.165) is 24.5 Å². The Labute approximate surface area is 92.8 Å². The van der Waals surface area contributed by atoms with Gasteiger partial charge in [-0.1, -0.05) is 6.92 Å². The van der Waals surface area contributed by atoms with E-state index in [1.165, 1.54) is 32.1 Å². The summed E-state index contributed by atoms with van der Waals surface area (Å²) in [6, 6.07) is 1.42. The Bertz CT molecular complexity index is 251. The van der Waals surface area contributed by atoms with Crippen molar-refractivity contribution in [1.82, 2.24) is 5.32 Å². The van der Waals surface area contributed by atoms with Crippen LogP contribution in [0.25, 0.3) is 0 Å². The van der Waals surface area contributed by atoms with Crippen LogP contribution in [0.1, 0.15) is 46.0 Å². The summed E-state index contributed by atoms with van der Waals surface area (Å²) >= 11 is 0. The van der Waals surface area contributed by atoms with Gasteiger partial charge in [-0.05, 0) is 44.9 Å². The van der Waals surface area contributed by atoms with Gasteiger partial charge in [-0.25, -0.2) is 0 Å². The Morgan fingerprint density at radius 3 is 3.13 bits per heavy atom. The number of hydrogen-bond donors (Lipinski definition) is 1. The minimum Gasteiger partial charge on any atom is -0.374 e. The first kappa shape index (κ1) is 10.1. The van der Waals surface area contributed by atoms with Gasteiger partial charge in [-0.2, -0.15) is 0 Å². The van der Waals surface area contributed by atoms with Crippen LogP contribution in [0.4, 0.5) is 0 Å². The third-order valence-electron chi connectivity index (χ3n) is 4.97. The van der Waals surface area contributed by atoms with Crippen molar-refractivity contribution in [3.63, 3.8) is 0 Å². The summed E-state index contributed by atoms with van der Waals surface area (Å²) < 4.78 is 6.02. The van der Waals surface area contributed by atoms with Crippen LogP contribution in [0.2, 0.25) is 0 Å². The Kier molecular flexibility index (Phi) is 2.33. The van der Waals surface area contributed by atoms with Crippen LogP contribution < -0.4 is 5.32 Å². The molecule has 2 saturated heterocycles. The molecule has 0 aromatic carbocycles. The van der Waals surface area contributed by atoms with Gasteiger partial charge in [0.05, 0.1) is 12.2 Å². The second-order valence-corrected chi connectivity index (χ2v) is 5.84. The van der Waals surface area contributed by atoms with Crippen LogP contribution in [0.5, 0.6) is 0 Å². The SMILES string of the molecule is CCC(C)NC1CCCC23CC(CO2)C13. The summed E-state index contributed by atoms with van der Waals surface area (Å²) in [5.74, 6) is 1.73. The fourth-order valence-electron chi connectivity index (χ4n) is 4.07. The Balaban J connectivity index is 1.69. The topological polar surface area (TPSA) is 21.3 Å². The minimum absolute atomic E-state index is 0.327. The zero-order chi connectivity index (χ0) is 10.5. The summed E-state index contributed by atoms with van der Waals surface area (Å²) in [5, 5.41) is 3.82. The molecule has 15 heavy (non-hydrogen) atoms. The maximum absolute atomic E-state index is 6.02. The van der Waals surface area contributed by atoms with Gasteiger partial charge in [-0.3, -0.25) is 0 Å². The number of fused-ring (bicyclic) bond motifs is 1. The van der Waals surface area contributed by atoms with Gasteiger partial charge in [0.2, 0.25) is 0 Å². The molecular weight excluding hydrogens is 186 g/mol. The van der Waals surface area contributed by atoms with E-state index in [1.54, 1.807) is 0 Å². The molecule has 0 aromatic heterocycles. The molecule has 2 heterocycles. The zero-order valence-corrected chi connectivity index (χ0v) is 9.96. The van der Waals surface area contributed by atoms with Crippen molar-refractivity contribution in [2.75, 3.05) is 6.61 Å². The Morgan fingerprint density at radius 2 is 2.40 bits per heavy atom. The molecule has 0 radical (unpaired) electrons. The predicted molar refractivity (Wildman–Crippen MR) is 60.8 cm³/mol. The van der Waals surface area contributed by atoms with E-state index < -0.39 is 0 Å². The Hall–Kier alpha value is -0.0800. The van der Waals surface area contributed by atoms with Crippen LogP contribution in [-0.2, 0) is 4.74 Å². The highest BCUT2D eigenvalue weighted by Gasteiger charge is 2.63. The van der Waals surface area contributed by atoms with E-state index in [1.807, 2.05) is 0 Å². The van der Waals surface area contributed by atoms with Crippen LogP contribution >= 0.6 is 0 Å². The summed E-state index contributed by atoms with van der Waals surface area (Å²) in [6.07, 6.45) is 6.65. The van der Waals surface area contributed by atoms with Gasteiger partial charge in [0.25, 0.3) is 0 Å². The monoisotopic (exact) mass is 209 g/mol. The maximum atomic E-state index is 6.02. The molecule has 1 N–H and O–H groups in total. The number of hydrogen-bond acceptors (Lipinski definition) is 2. The number of ether oxygens (including phenoxy) is 1. The molecule has 2 aliphatic heterocycles. The zero-order valence-electron chi connectivity index (χ0n) is 9.96. The molecule has 4 fully saturated rings. The molecule has 2 bridgehead atoms. The van der Waals surface area contributed by atoms with E-state index in [-0.39, 0.29) is 0 Å². The molecule has 2 saturated carbocycles. The van der Waals surface area contributed by atoms with Gasteiger partial charge >= 0.3 is 0 Å². The highest BCUT2D eigenvalue weighted by molar-refractivity contribution is 5.14. The lowest BCUT2D eigenvalue weighted by molar-refractivity contribution is -0.0941. The third kappa shape index (κ3) is 1.38. The molecule has 2 aliphatic carbocycles. The molecule has 2 heteroatoms. The first-order valence-corrected chi connectivity index (χ1v) is 6.65. The number of rotatable bonds is 3. The predicted octanol–water partition coefficient (Wildman–Crippen LogP) is 2.33.